The molecule has 0 spiro atoms. The lowest BCUT2D eigenvalue weighted by Gasteiger charge is -2.25. The van der Waals surface area contributed by atoms with Gasteiger partial charge >= 0.3 is 0 Å². The zero-order valence-electron chi connectivity index (χ0n) is 14.2. The molecule has 0 saturated carbocycles. The fraction of sp³-hybridized carbons (Fsp3) is 0.158. The van der Waals surface area contributed by atoms with Gasteiger partial charge in [0.2, 0.25) is 0 Å². The van der Waals surface area contributed by atoms with Gasteiger partial charge in [0.25, 0.3) is 0 Å². The van der Waals surface area contributed by atoms with E-state index < -0.39 is 9.84 Å². The maximum Gasteiger partial charge on any atom is 0.175 e. The number of hydrogen-bond donors (Lipinski definition) is 0. The van der Waals surface area contributed by atoms with E-state index in [4.69, 9.17) is 0 Å². The predicted octanol–water partition coefficient (Wildman–Crippen LogP) is 3.61. The van der Waals surface area contributed by atoms with Gasteiger partial charge in [-0.25, -0.2) is 8.42 Å². The van der Waals surface area contributed by atoms with Gasteiger partial charge in [-0.1, -0.05) is 12.1 Å². The number of nitrogens with zero attached hydrogens (tertiary/aromatic N) is 3. The Balaban J connectivity index is 1.71. The molecule has 0 saturated heterocycles. The van der Waals surface area contributed by atoms with Crippen molar-refractivity contribution in [3.8, 4) is 11.1 Å². The lowest BCUT2D eigenvalue weighted by Crippen LogP contribution is -2.25. The Morgan fingerprint density at radius 2 is 2.00 bits per heavy atom. The van der Waals surface area contributed by atoms with Crippen LogP contribution in [0, 0.1) is 0 Å². The van der Waals surface area contributed by atoms with Gasteiger partial charge in [-0.3, -0.25) is 9.98 Å². The molecule has 0 unspecified atom stereocenters. The van der Waals surface area contributed by atoms with E-state index in [0.29, 0.717) is 11.6 Å². The minimum atomic E-state index is -3.24. The first-order chi connectivity index (χ1) is 12.5. The number of hydrogen-bond acceptors (Lipinski definition) is 6. The summed E-state index contributed by atoms with van der Waals surface area (Å²) in [6.07, 6.45) is 6.70. The minimum Gasteiger partial charge on any atom is -0.339 e. The first-order valence-corrected chi connectivity index (χ1v) is 10.8. The highest BCUT2D eigenvalue weighted by atomic mass is 32.2. The quantitative estimate of drug-likeness (QED) is 0.690. The molecule has 0 N–H and O–H groups in total. The molecule has 0 amide bonds. The van der Waals surface area contributed by atoms with Crippen LogP contribution >= 0.6 is 11.3 Å². The highest BCUT2D eigenvalue weighted by Gasteiger charge is 2.21. The summed E-state index contributed by atoms with van der Waals surface area (Å²) in [6.45, 7) is 1.37. The summed E-state index contributed by atoms with van der Waals surface area (Å²) in [5.74, 6) is 0. The highest BCUT2D eigenvalue weighted by molar-refractivity contribution is 7.90. The molecular weight excluding hydrogens is 366 g/mol. The summed E-state index contributed by atoms with van der Waals surface area (Å²) >= 11 is 1.66. The first kappa shape index (κ1) is 16.9. The van der Waals surface area contributed by atoms with Crippen LogP contribution in [-0.4, -0.2) is 32.5 Å². The van der Waals surface area contributed by atoms with Crippen LogP contribution < -0.4 is 4.90 Å². The number of anilines is 1. The molecule has 5 nitrogen and oxygen atoms in total. The average Bonchev–Trinajstić information content (AvgIpc) is 3.07. The molecule has 0 atom stereocenters. The average molecular weight is 383 g/mol. The van der Waals surface area contributed by atoms with Gasteiger partial charge in [-0.05, 0) is 35.4 Å². The Hall–Kier alpha value is -2.51. The van der Waals surface area contributed by atoms with E-state index >= 15 is 0 Å². The molecule has 2 aromatic heterocycles. The molecule has 3 aromatic rings. The van der Waals surface area contributed by atoms with Crippen LogP contribution in [0.2, 0.25) is 0 Å². The van der Waals surface area contributed by atoms with Crippen molar-refractivity contribution in [1.29, 1.82) is 0 Å². The summed E-state index contributed by atoms with van der Waals surface area (Å²) < 4.78 is 23.7. The summed E-state index contributed by atoms with van der Waals surface area (Å²) in [7, 11) is -3.24. The number of rotatable bonds is 4. The van der Waals surface area contributed by atoms with E-state index in [1.54, 1.807) is 41.9 Å². The topological polar surface area (TPSA) is 62.6 Å². The summed E-state index contributed by atoms with van der Waals surface area (Å²) in [4.78, 5) is 11.1. The molecule has 0 fully saturated rings. The van der Waals surface area contributed by atoms with Crippen molar-refractivity contribution >= 4 is 32.4 Å². The van der Waals surface area contributed by atoms with E-state index in [1.165, 1.54) is 11.8 Å². The Bertz CT molecular complexity index is 1070. The second kappa shape index (κ2) is 6.66. The Morgan fingerprint density at radius 1 is 1.19 bits per heavy atom. The molecule has 1 aromatic carbocycles. The normalized spacial score (nSPS) is 13.7. The van der Waals surface area contributed by atoms with Gasteiger partial charge in [-0.2, -0.15) is 0 Å². The molecule has 0 bridgehead atoms. The third-order valence-corrected chi connectivity index (χ3v) is 6.43. The maximum absolute atomic E-state index is 11.9. The number of aliphatic imine (C=N–C) groups is 1. The van der Waals surface area contributed by atoms with Crippen LogP contribution in [0.3, 0.4) is 0 Å². The number of benzene rings is 1. The first-order valence-electron chi connectivity index (χ1n) is 8.08. The SMILES string of the molecule is CS(=O)(=O)c1cccc(-c2csc3c2C=NCN3Cc2ccncc2)c1. The second-order valence-corrected chi connectivity index (χ2v) is 9.05. The van der Waals surface area contributed by atoms with Crippen molar-refractivity contribution < 1.29 is 8.42 Å². The van der Waals surface area contributed by atoms with Gasteiger partial charge in [-0.15, -0.1) is 11.3 Å². The van der Waals surface area contributed by atoms with Gasteiger partial charge in [0, 0.05) is 47.9 Å². The Labute approximate surface area is 156 Å². The fourth-order valence-electron chi connectivity index (χ4n) is 2.97. The number of thiophene rings is 1. The number of sulfone groups is 1. The van der Waals surface area contributed by atoms with E-state index in [2.05, 4.69) is 20.3 Å². The lowest BCUT2D eigenvalue weighted by atomic mass is 10.0. The van der Waals surface area contributed by atoms with Crippen molar-refractivity contribution in [3.63, 3.8) is 0 Å². The van der Waals surface area contributed by atoms with Crippen molar-refractivity contribution in [2.45, 2.75) is 11.4 Å². The highest BCUT2D eigenvalue weighted by Crippen LogP contribution is 2.39. The van der Waals surface area contributed by atoms with Gasteiger partial charge in [0.15, 0.2) is 9.84 Å². The molecule has 1 aliphatic heterocycles. The van der Waals surface area contributed by atoms with Crippen LogP contribution in [0.5, 0.6) is 0 Å². The van der Waals surface area contributed by atoms with Crippen LogP contribution in [0.15, 0.2) is 64.1 Å². The Morgan fingerprint density at radius 3 is 2.77 bits per heavy atom. The molecule has 132 valence electrons. The Kier molecular flexibility index (Phi) is 4.34. The maximum atomic E-state index is 11.9. The lowest BCUT2D eigenvalue weighted by molar-refractivity contribution is 0.602. The predicted molar refractivity (Wildman–Crippen MR) is 106 cm³/mol. The summed E-state index contributed by atoms with van der Waals surface area (Å²) in [5.41, 5.74) is 4.12. The number of aromatic nitrogens is 1. The molecular formula is C19H17N3O2S2. The fourth-order valence-corrected chi connectivity index (χ4v) is 4.69. The van der Waals surface area contributed by atoms with Crippen LogP contribution in [-0.2, 0) is 16.4 Å². The van der Waals surface area contributed by atoms with Crippen molar-refractivity contribution in [1.82, 2.24) is 4.98 Å². The van der Waals surface area contributed by atoms with Crippen molar-refractivity contribution in [2.75, 3.05) is 17.8 Å². The van der Waals surface area contributed by atoms with Crippen LogP contribution in [0.1, 0.15) is 11.1 Å². The third kappa shape index (κ3) is 3.27. The van der Waals surface area contributed by atoms with Gasteiger partial charge in [0.1, 0.15) is 11.7 Å². The van der Waals surface area contributed by atoms with E-state index in [1.807, 2.05) is 24.4 Å². The molecule has 26 heavy (non-hydrogen) atoms. The van der Waals surface area contributed by atoms with Crippen molar-refractivity contribution in [3.05, 3.63) is 65.3 Å². The molecule has 1 aliphatic rings. The largest absolute Gasteiger partial charge is 0.339 e. The second-order valence-electron chi connectivity index (χ2n) is 6.17. The molecule has 0 aliphatic carbocycles. The molecule has 3 heterocycles. The molecule has 0 radical (unpaired) electrons. The summed E-state index contributed by atoms with van der Waals surface area (Å²) in [6, 6.07) is 11.1. The van der Waals surface area contributed by atoms with E-state index in [9.17, 15) is 8.42 Å². The standard InChI is InChI=1S/C19H17N3O2S2/c1-26(23,24)16-4-2-3-15(9-16)18-12-25-19-17(18)10-21-13-22(19)11-14-5-7-20-8-6-14/h2-10,12H,11,13H2,1H3. The number of fused-ring (bicyclic) bond motifs is 1. The minimum absolute atomic E-state index is 0.330. The summed E-state index contributed by atoms with van der Waals surface area (Å²) in [5, 5.41) is 3.22. The van der Waals surface area contributed by atoms with Gasteiger partial charge < -0.3 is 4.90 Å². The third-order valence-electron chi connectivity index (χ3n) is 4.26. The molecule has 7 heteroatoms. The van der Waals surface area contributed by atoms with E-state index in [-0.39, 0.29) is 0 Å². The van der Waals surface area contributed by atoms with Crippen LogP contribution in [0.25, 0.3) is 11.1 Å². The van der Waals surface area contributed by atoms with Crippen LogP contribution in [0.4, 0.5) is 5.00 Å². The molecule has 4 rings (SSSR count). The zero-order chi connectivity index (χ0) is 18.1. The number of pyridine rings is 1. The van der Waals surface area contributed by atoms with E-state index in [0.717, 1.165) is 28.2 Å². The zero-order valence-corrected chi connectivity index (χ0v) is 15.8. The van der Waals surface area contributed by atoms with Gasteiger partial charge in [0.05, 0.1) is 4.90 Å². The van der Waals surface area contributed by atoms with Crippen molar-refractivity contribution in [2.24, 2.45) is 4.99 Å². The smallest absolute Gasteiger partial charge is 0.175 e. The monoisotopic (exact) mass is 383 g/mol.